The zero-order valence-electron chi connectivity index (χ0n) is 11.4. The minimum absolute atomic E-state index is 0.00604. The van der Waals surface area contributed by atoms with Crippen LogP contribution in [0.5, 0.6) is 0 Å². The molecule has 0 aliphatic heterocycles. The Morgan fingerprint density at radius 2 is 2.10 bits per heavy atom. The highest BCUT2D eigenvalue weighted by atomic mass is 16.6. The fraction of sp³-hybridized carbons (Fsp3) is 0.385. The van der Waals surface area contributed by atoms with Crippen LogP contribution < -0.4 is 5.32 Å². The van der Waals surface area contributed by atoms with Crippen LogP contribution >= 0.6 is 0 Å². The molecule has 0 amide bonds. The first-order valence-corrected chi connectivity index (χ1v) is 6.29. The van der Waals surface area contributed by atoms with Gasteiger partial charge in [0.1, 0.15) is 6.04 Å². The Kier molecular flexibility index (Phi) is 6.28. The number of aliphatic carboxylic acids is 1. The highest BCUT2D eigenvalue weighted by Crippen LogP contribution is 2.17. The fourth-order valence-corrected chi connectivity index (χ4v) is 1.73. The van der Waals surface area contributed by atoms with Gasteiger partial charge in [0.05, 0.1) is 18.0 Å². The summed E-state index contributed by atoms with van der Waals surface area (Å²) in [6.07, 6.45) is -0.459. The maximum Gasteiger partial charge on any atom is 0.323 e. The number of rotatable bonds is 8. The summed E-state index contributed by atoms with van der Waals surface area (Å²) >= 11 is 0. The molecule has 0 spiro atoms. The summed E-state index contributed by atoms with van der Waals surface area (Å²) in [6, 6.07) is 4.98. The number of para-hydroxylation sites is 1. The van der Waals surface area contributed by atoms with Gasteiger partial charge < -0.3 is 9.84 Å². The molecule has 0 radical (unpaired) electrons. The fourth-order valence-electron chi connectivity index (χ4n) is 1.73. The van der Waals surface area contributed by atoms with Gasteiger partial charge in [0, 0.05) is 18.2 Å². The molecule has 1 atom stereocenters. The molecule has 2 N–H and O–H groups in total. The van der Waals surface area contributed by atoms with E-state index in [4.69, 9.17) is 9.84 Å². The topological polar surface area (TPSA) is 119 Å². The SMILES string of the molecule is CCOC(=O)C(CC(=O)O)NCc1ccccc1[N+](=O)[O-]. The van der Waals surface area contributed by atoms with Gasteiger partial charge in [-0.15, -0.1) is 0 Å². The summed E-state index contributed by atoms with van der Waals surface area (Å²) in [4.78, 5) is 32.7. The molecular weight excluding hydrogens is 280 g/mol. The molecule has 0 aliphatic rings. The molecule has 8 nitrogen and oxygen atoms in total. The zero-order valence-corrected chi connectivity index (χ0v) is 11.4. The van der Waals surface area contributed by atoms with Gasteiger partial charge in [-0.25, -0.2) is 0 Å². The van der Waals surface area contributed by atoms with Crippen LogP contribution in [0.4, 0.5) is 5.69 Å². The van der Waals surface area contributed by atoms with Crippen molar-refractivity contribution in [2.75, 3.05) is 6.61 Å². The largest absolute Gasteiger partial charge is 0.481 e. The summed E-state index contributed by atoms with van der Waals surface area (Å²) < 4.78 is 4.77. The van der Waals surface area contributed by atoms with Crippen LogP contribution in [-0.4, -0.2) is 34.6 Å². The van der Waals surface area contributed by atoms with Crippen molar-refractivity contribution in [1.82, 2.24) is 5.32 Å². The number of carboxylic acids is 1. The molecule has 0 aliphatic carbocycles. The lowest BCUT2D eigenvalue weighted by molar-refractivity contribution is -0.385. The van der Waals surface area contributed by atoms with Crippen molar-refractivity contribution in [2.24, 2.45) is 0 Å². The average molecular weight is 296 g/mol. The molecule has 1 rings (SSSR count). The molecule has 0 saturated heterocycles. The van der Waals surface area contributed by atoms with E-state index in [0.717, 1.165) is 0 Å². The van der Waals surface area contributed by atoms with E-state index in [0.29, 0.717) is 5.56 Å². The van der Waals surface area contributed by atoms with E-state index in [1.54, 1.807) is 13.0 Å². The molecule has 0 heterocycles. The molecule has 0 bridgehead atoms. The molecule has 8 heteroatoms. The Balaban J connectivity index is 2.79. The maximum absolute atomic E-state index is 11.6. The third kappa shape index (κ3) is 5.19. The van der Waals surface area contributed by atoms with Gasteiger partial charge >= 0.3 is 11.9 Å². The quantitative estimate of drug-likeness (QED) is 0.418. The molecule has 1 aromatic carbocycles. The monoisotopic (exact) mass is 296 g/mol. The number of hydrogen-bond acceptors (Lipinski definition) is 6. The Morgan fingerprint density at radius 1 is 1.43 bits per heavy atom. The molecule has 0 aromatic heterocycles. The van der Waals surface area contributed by atoms with Gasteiger partial charge in [0.15, 0.2) is 0 Å². The number of nitrogens with zero attached hydrogens (tertiary/aromatic N) is 1. The highest BCUT2D eigenvalue weighted by molar-refractivity contribution is 5.81. The number of nitrogens with one attached hydrogen (secondary N) is 1. The summed E-state index contributed by atoms with van der Waals surface area (Å²) in [6.45, 7) is 1.73. The smallest absolute Gasteiger partial charge is 0.323 e. The third-order valence-electron chi connectivity index (χ3n) is 2.68. The van der Waals surface area contributed by atoms with E-state index in [-0.39, 0.29) is 18.8 Å². The second-order valence-electron chi connectivity index (χ2n) is 4.17. The zero-order chi connectivity index (χ0) is 15.8. The molecule has 1 unspecified atom stereocenters. The first-order valence-electron chi connectivity index (χ1n) is 6.29. The lowest BCUT2D eigenvalue weighted by atomic mass is 10.1. The molecule has 0 saturated carbocycles. The Labute approximate surface area is 120 Å². The molecular formula is C13H16N2O6. The first-order chi connectivity index (χ1) is 9.95. The van der Waals surface area contributed by atoms with E-state index in [9.17, 15) is 19.7 Å². The van der Waals surface area contributed by atoms with Crippen molar-refractivity contribution in [2.45, 2.75) is 25.9 Å². The van der Waals surface area contributed by atoms with E-state index in [1.807, 2.05) is 0 Å². The normalized spacial score (nSPS) is 11.7. The number of carboxylic acid groups (broad SMARTS) is 1. The van der Waals surface area contributed by atoms with Crippen LogP contribution in [0.3, 0.4) is 0 Å². The molecule has 1 aromatic rings. The number of carbonyl (C=O) groups is 2. The number of benzene rings is 1. The third-order valence-corrected chi connectivity index (χ3v) is 2.68. The van der Waals surface area contributed by atoms with Crippen molar-refractivity contribution in [1.29, 1.82) is 0 Å². The van der Waals surface area contributed by atoms with Gasteiger partial charge in [-0.1, -0.05) is 18.2 Å². The Hall–Kier alpha value is -2.48. The van der Waals surface area contributed by atoms with Crippen LogP contribution in [0.25, 0.3) is 0 Å². The second-order valence-corrected chi connectivity index (χ2v) is 4.17. The molecule has 114 valence electrons. The van der Waals surface area contributed by atoms with Gasteiger partial charge in [-0.05, 0) is 6.92 Å². The predicted octanol–water partition coefficient (Wildman–Crippen LogP) is 1.09. The van der Waals surface area contributed by atoms with Crippen molar-refractivity contribution >= 4 is 17.6 Å². The predicted molar refractivity (Wildman–Crippen MR) is 72.6 cm³/mol. The van der Waals surface area contributed by atoms with Gasteiger partial charge in [0.25, 0.3) is 5.69 Å². The highest BCUT2D eigenvalue weighted by Gasteiger charge is 2.23. The minimum atomic E-state index is -1.16. The van der Waals surface area contributed by atoms with Crippen LogP contribution in [0.2, 0.25) is 0 Å². The lowest BCUT2D eigenvalue weighted by Crippen LogP contribution is -2.39. The Morgan fingerprint density at radius 3 is 2.67 bits per heavy atom. The van der Waals surface area contributed by atoms with Gasteiger partial charge in [-0.3, -0.25) is 25.0 Å². The van der Waals surface area contributed by atoms with Crippen molar-refractivity contribution in [3.05, 3.63) is 39.9 Å². The summed E-state index contributed by atoms with van der Waals surface area (Å²) in [5.41, 5.74) is 0.269. The first kappa shape index (κ1) is 16.6. The van der Waals surface area contributed by atoms with E-state index >= 15 is 0 Å². The van der Waals surface area contributed by atoms with Crippen LogP contribution in [-0.2, 0) is 20.9 Å². The van der Waals surface area contributed by atoms with Crippen LogP contribution in [0.15, 0.2) is 24.3 Å². The van der Waals surface area contributed by atoms with Gasteiger partial charge in [0.2, 0.25) is 0 Å². The number of hydrogen-bond donors (Lipinski definition) is 2. The number of esters is 1. The Bertz CT molecular complexity index is 531. The maximum atomic E-state index is 11.6. The minimum Gasteiger partial charge on any atom is -0.481 e. The van der Waals surface area contributed by atoms with E-state index in [1.165, 1.54) is 18.2 Å². The second kappa shape index (κ2) is 7.95. The number of carbonyl (C=O) groups excluding carboxylic acids is 1. The summed E-state index contributed by atoms with van der Waals surface area (Å²) in [7, 11) is 0. The molecule has 0 fully saturated rings. The van der Waals surface area contributed by atoms with E-state index in [2.05, 4.69) is 5.32 Å². The summed E-state index contributed by atoms with van der Waals surface area (Å²) in [5.74, 6) is -1.86. The van der Waals surface area contributed by atoms with E-state index < -0.39 is 29.3 Å². The van der Waals surface area contributed by atoms with Crippen LogP contribution in [0, 0.1) is 10.1 Å². The number of nitro benzene ring substituents is 1. The van der Waals surface area contributed by atoms with Crippen LogP contribution in [0.1, 0.15) is 18.9 Å². The van der Waals surface area contributed by atoms with Gasteiger partial charge in [-0.2, -0.15) is 0 Å². The lowest BCUT2D eigenvalue weighted by Gasteiger charge is -2.15. The standard InChI is InChI=1S/C13H16N2O6/c1-2-21-13(18)10(7-12(16)17)14-8-9-5-3-4-6-11(9)15(19)20/h3-6,10,14H,2,7-8H2,1H3,(H,16,17). The van der Waals surface area contributed by atoms with Crippen molar-refractivity contribution in [3.63, 3.8) is 0 Å². The number of nitro groups is 1. The summed E-state index contributed by atoms with van der Waals surface area (Å²) in [5, 5.41) is 22.3. The average Bonchev–Trinajstić information content (AvgIpc) is 2.43. The van der Waals surface area contributed by atoms with Crippen molar-refractivity contribution in [3.8, 4) is 0 Å². The molecule has 21 heavy (non-hydrogen) atoms. The van der Waals surface area contributed by atoms with Crippen molar-refractivity contribution < 1.29 is 24.4 Å². The number of ether oxygens (including phenoxy) is 1.